The molecule has 2 N–H and O–H groups in total. The van der Waals surface area contributed by atoms with Crippen molar-refractivity contribution in [3.05, 3.63) is 71.9 Å². The molecule has 3 rings (SSSR count). The number of anilines is 3. The van der Waals surface area contributed by atoms with Crippen LogP contribution in [-0.2, 0) is 6.18 Å². The van der Waals surface area contributed by atoms with Crippen LogP contribution in [0.3, 0.4) is 0 Å². The summed E-state index contributed by atoms with van der Waals surface area (Å²) in [4.78, 5) is 12.2. The molecule has 1 heterocycles. The minimum absolute atomic E-state index is 0.0190. The standard InChI is InChI=1S/C19H15F3N4O2/c1-28-13-8-6-12(7-9-13)23-18(27)16-10-11-17(26-25-16)24-15-5-3-2-4-14(15)19(20,21)22/h2-11H,1H3,(H,23,27)(H,24,26). The van der Waals surface area contributed by atoms with Gasteiger partial charge in [-0.25, -0.2) is 0 Å². The van der Waals surface area contributed by atoms with E-state index < -0.39 is 17.6 Å². The minimum Gasteiger partial charge on any atom is -0.497 e. The number of carbonyl (C=O) groups excluding carboxylic acids is 1. The zero-order valence-corrected chi connectivity index (χ0v) is 14.6. The van der Waals surface area contributed by atoms with Crippen LogP contribution in [0.1, 0.15) is 16.1 Å². The van der Waals surface area contributed by atoms with E-state index in [1.807, 2.05) is 0 Å². The number of amides is 1. The highest BCUT2D eigenvalue weighted by atomic mass is 19.4. The molecule has 0 aliphatic heterocycles. The first-order valence-electron chi connectivity index (χ1n) is 8.09. The van der Waals surface area contributed by atoms with E-state index in [0.29, 0.717) is 11.4 Å². The smallest absolute Gasteiger partial charge is 0.418 e. The lowest BCUT2D eigenvalue weighted by molar-refractivity contribution is -0.136. The number of aromatic nitrogens is 2. The first-order valence-corrected chi connectivity index (χ1v) is 8.09. The fourth-order valence-corrected chi connectivity index (χ4v) is 2.37. The van der Waals surface area contributed by atoms with Gasteiger partial charge >= 0.3 is 6.18 Å². The van der Waals surface area contributed by atoms with Crippen LogP contribution in [0.2, 0.25) is 0 Å². The maximum Gasteiger partial charge on any atom is 0.418 e. The number of para-hydroxylation sites is 1. The van der Waals surface area contributed by atoms with Gasteiger partial charge < -0.3 is 15.4 Å². The Kier molecular flexibility index (Phi) is 5.44. The summed E-state index contributed by atoms with van der Waals surface area (Å²) in [6, 6.07) is 14.5. The number of hydrogen-bond acceptors (Lipinski definition) is 5. The third-order valence-corrected chi connectivity index (χ3v) is 3.74. The molecule has 9 heteroatoms. The molecule has 0 radical (unpaired) electrons. The van der Waals surface area contributed by atoms with E-state index in [1.165, 1.54) is 37.4 Å². The third-order valence-electron chi connectivity index (χ3n) is 3.74. The van der Waals surface area contributed by atoms with Crippen LogP contribution >= 0.6 is 0 Å². The van der Waals surface area contributed by atoms with Crippen LogP contribution in [0.4, 0.5) is 30.4 Å². The van der Waals surface area contributed by atoms with Crippen molar-refractivity contribution < 1.29 is 22.7 Å². The number of carbonyl (C=O) groups is 1. The van der Waals surface area contributed by atoms with Gasteiger partial charge in [-0.1, -0.05) is 12.1 Å². The molecule has 0 unspecified atom stereocenters. The molecule has 3 aromatic rings. The number of alkyl halides is 3. The number of hydrogen-bond donors (Lipinski definition) is 2. The highest BCUT2D eigenvalue weighted by molar-refractivity contribution is 6.02. The Morgan fingerprint density at radius 1 is 0.964 bits per heavy atom. The number of rotatable bonds is 5. The number of nitrogens with zero attached hydrogens (tertiary/aromatic N) is 2. The summed E-state index contributed by atoms with van der Waals surface area (Å²) in [5.74, 6) is 0.227. The van der Waals surface area contributed by atoms with Crippen molar-refractivity contribution in [3.8, 4) is 5.75 Å². The van der Waals surface area contributed by atoms with Crippen molar-refractivity contribution >= 4 is 23.1 Å². The molecule has 0 aliphatic rings. The van der Waals surface area contributed by atoms with Crippen LogP contribution in [-0.4, -0.2) is 23.2 Å². The van der Waals surface area contributed by atoms with E-state index in [9.17, 15) is 18.0 Å². The summed E-state index contributed by atoms with van der Waals surface area (Å²) in [5, 5.41) is 12.8. The third kappa shape index (κ3) is 4.56. The average Bonchev–Trinajstić information content (AvgIpc) is 2.69. The minimum atomic E-state index is -4.50. The first kappa shape index (κ1) is 19.2. The second-order valence-electron chi connectivity index (χ2n) is 5.65. The molecule has 1 aromatic heterocycles. The largest absolute Gasteiger partial charge is 0.497 e. The van der Waals surface area contributed by atoms with E-state index in [2.05, 4.69) is 20.8 Å². The van der Waals surface area contributed by atoms with Crippen LogP contribution in [0, 0.1) is 0 Å². The highest BCUT2D eigenvalue weighted by Crippen LogP contribution is 2.35. The molecule has 0 saturated heterocycles. The summed E-state index contributed by atoms with van der Waals surface area (Å²) in [5.41, 5.74) is -0.419. The van der Waals surface area contributed by atoms with Gasteiger partial charge in [0.05, 0.1) is 18.4 Å². The lowest BCUT2D eigenvalue weighted by Gasteiger charge is -2.13. The van der Waals surface area contributed by atoms with Gasteiger partial charge in [-0.3, -0.25) is 4.79 Å². The number of ether oxygens (including phenoxy) is 1. The van der Waals surface area contributed by atoms with Gasteiger partial charge in [0.25, 0.3) is 5.91 Å². The van der Waals surface area contributed by atoms with Crippen molar-refractivity contribution in [3.63, 3.8) is 0 Å². The summed E-state index contributed by atoms with van der Waals surface area (Å²) in [6.07, 6.45) is -4.50. The van der Waals surface area contributed by atoms with Gasteiger partial charge in [0.1, 0.15) is 5.75 Å². The predicted molar refractivity (Wildman–Crippen MR) is 97.7 cm³/mol. The van der Waals surface area contributed by atoms with E-state index in [-0.39, 0.29) is 17.2 Å². The molecule has 0 aliphatic carbocycles. The van der Waals surface area contributed by atoms with Gasteiger partial charge in [-0.15, -0.1) is 10.2 Å². The fourth-order valence-electron chi connectivity index (χ4n) is 2.37. The van der Waals surface area contributed by atoms with E-state index in [4.69, 9.17) is 4.74 Å². The van der Waals surface area contributed by atoms with Crippen molar-refractivity contribution in [2.45, 2.75) is 6.18 Å². The van der Waals surface area contributed by atoms with E-state index >= 15 is 0 Å². The maximum atomic E-state index is 13.0. The van der Waals surface area contributed by atoms with Crippen LogP contribution < -0.4 is 15.4 Å². The molecule has 28 heavy (non-hydrogen) atoms. The van der Waals surface area contributed by atoms with Gasteiger partial charge in [0.2, 0.25) is 0 Å². The van der Waals surface area contributed by atoms with E-state index in [0.717, 1.165) is 6.07 Å². The van der Waals surface area contributed by atoms with E-state index in [1.54, 1.807) is 24.3 Å². The predicted octanol–water partition coefficient (Wildman–Crippen LogP) is 4.50. The average molecular weight is 388 g/mol. The fraction of sp³-hybridized carbons (Fsp3) is 0.105. The van der Waals surface area contributed by atoms with Gasteiger partial charge in [-0.05, 0) is 48.5 Å². The molecule has 0 bridgehead atoms. The molecule has 0 spiro atoms. The monoisotopic (exact) mass is 388 g/mol. The Morgan fingerprint density at radius 2 is 1.68 bits per heavy atom. The van der Waals surface area contributed by atoms with Gasteiger partial charge in [0.15, 0.2) is 11.5 Å². The first-order chi connectivity index (χ1) is 13.4. The quantitative estimate of drug-likeness (QED) is 0.673. The molecular formula is C19H15F3N4O2. The highest BCUT2D eigenvalue weighted by Gasteiger charge is 2.33. The normalized spacial score (nSPS) is 11.0. The lowest BCUT2D eigenvalue weighted by Crippen LogP contribution is -2.15. The number of halogens is 3. The van der Waals surface area contributed by atoms with Crippen molar-refractivity contribution in [1.82, 2.24) is 10.2 Å². The molecule has 6 nitrogen and oxygen atoms in total. The molecule has 0 atom stereocenters. The summed E-state index contributed by atoms with van der Waals surface area (Å²) in [6.45, 7) is 0. The molecule has 1 amide bonds. The molecular weight excluding hydrogens is 373 g/mol. The number of methoxy groups -OCH3 is 1. The molecule has 2 aromatic carbocycles. The Bertz CT molecular complexity index is 958. The van der Waals surface area contributed by atoms with Crippen LogP contribution in [0.25, 0.3) is 0 Å². The Balaban J connectivity index is 1.70. The Hall–Kier alpha value is -3.62. The summed E-state index contributed by atoms with van der Waals surface area (Å²) in [7, 11) is 1.53. The Morgan fingerprint density at radius 3 is 2.29 bits per heavy atom. The lowest BCUT2D eigenvalue weighted by atomic mass is 10.1. The van der Waals surface area contributed by atoms with Crippen molar-refractivity contribution in [2.24, 2.45) is 0 Å². The van der Waals surface area contributed by atoms with Crippen molar-refractivity contribution in [1.29, 1.82) is 0 Å². The summed E-state index contributed by atoms with van der Waals surface area (Å²) < 4.78 is 44.2. The van der Waals surface area contributed by atoms with Gasteiger partial charge in [-0.2, -0.15) is 13.2 Å². The maximum absolute atomic E-state index is 13.0. The zero-order chi connectivity index (χ0) is 20.1. The zero-order valence-electron chi connectivity index (χ0n) is 14.6. The molecule has 0 saturated carbocycles. The van der Waals surface area contributed by atoms with Crippen LogP contribution in [0.5, 0.6) is 5.75 Å². The van der Waals surface area contributed by atoms with Crippen molar-refractivity contribution in [2.75, 3.05) is 17.7 Å². The molecule has 0 fully saturated rings. The Labute approximate surface area is 158 Å². The second kappa shape index (κ2) is 7.95. The second-order valence-corrected chi connectivity index (χ2v) is 5.65. The summed E-state index contributed by atoms with van der Waals surface area (Å²) >= 11 is 0. The topological polar surface area (TPSA) is 76.1 Å². The number of benzene rings is 2. The van der Waals surface area contributed by atoms with Crippen LogP contribution in [0.15, 0.2) is 60.7 Å². The number of nitrogens with one attached hydrogen (secondary N) is 2. The molecule has 144 valence electrons. The van der Waals surface area contributed by atoms with Gasteiger partial charge in [0, 0.05) is 5.69 Å². The SMILES string of the molecule is COc1ccc(NC(=O)c2ccc(Nc3ccccc3C(F)(F)F)nn2)cc1.